The second-order valence-corrected chi connectivity index (χ2v) is 4.74. The highest BCUT2D eigenvalue weighted by atomic mass is 16.5. The monoisotopic (exact) mass is 278 g/mol. The lowest BCUT2D eigenvalue weighted by molar-refractivity contribution is -0.0193. The Morgan fingerprint density at radius 3 is 2.95 bits per heavy atom. The van der Waals surface area contributed by atoms with Crippen molar-refractivity contribution in [2.24, 2.45) is 0 Å². The maximum atomic E-state index is 8.06. The van der Waals surface area contributed by atoms with Crippen LogP contribution in [0.3, 0.4) is 0 Å². The van der Waals surface area contributed by atoms with Crippen molar-refractivity contribution >= 4 is 11.7 Å². The van der Waals surface area contributed by atoms with Crippen LogP contribution in [0.5, 0.6) is 0 Å². The molecule has 1 aliphatic heterocycles. The molecule has 0 amide bonds. The van der Waals surface area contributed by atoms with Gasteiger partial charge in [-0.2, -0.15) is 5.10 Å². The fraction of sp³-hybridized carbons (Fsp3) is 0.538. The molecule has 0 bridgehead atoms. The Kier molecular flexibility index (Phi) is 4.62. The number of hydrogen-bond acceptors (Lipinski definition) is 5. The van der Waals surface area contributed by atoms with Crippen molar-refractivity contribution in [2.45, 2.75) is 20.0 Å². The molecule has 1 aliphatic rings. The number of likely N-dealkylation sites (tertiary alicyclic amines) is 1. The maximum absolute atomic E-state index is 8.06. The summed E-state index contributed by atoms with van der Waals surface area (Å²) >= 11 is 0. The fourth-order valence-corrected chi connectivity index (χ4v) is 1.99. The van der Waals surface area contributed by atoms with E-state index in [1.165, 1.54) is 0 Å². The highest BCUT2D eigenvalue weighted by Gasteiger charge is 2.28. The standard InChI is InChI=1S/C13H22N6O/c1-4-20-10-7-19(8-10)11(14)6-12(15-3)16-13-5-9(2)17-18-13/h5-6,10,14-15H,4,7-8H2,1-3H3,(H2,16,17,18). The predicted octanol–water partition coefficient (Wildman–Crippen LogP) is 0.889. The molecule has 1 fully saturated rings. The summed E-state index contributed by atoms with van der Waals surface area (Å²) in [5, 5.41) is 21.2. The van der Waals surface area contributed by atoms with Crippen molar-refractivity contribution in [1.82, 2.24) is 20.4 Å². The fourth-order valence-electron chi connectivity index (χ4n) is 1.99. The van der Waals surface area contributed by atoms with Crippen LogP contribution in [0, 0.1) is 12.3 Å². The van der Waals surface area contributed by atoms with Crippen LogP contribution in [0.2, 0.25) is 0 Å². The van der Waals surface area contributed by atoms with E-state index in [-0.39, 0.29) is 6.10 Å². The third kappa shape index (κ3) is 3.51. The summed E-state index contributed by atoms with van der Waals surface area (Å²) in [5.41, 5.74) is 0.986. The molecule has 7 nitrogen and oxygen atoms in total. The second kappa shape index (κ2) is 6.42. The first-order valence-electron chi connectivity index (χ1n) is 6.76. The van der Waals surface area contributed by atoms with Crippen LogP contribution in [-0.2, 0) is 4.74 Å². The van der Waals surface area contributed by atoms with Crippen molar-refractivity contribution in [3.63, 3.8) is 0 Å². The average molecular weight is 278 g/mol. The minimum absolute atomic E-state index is 0.258. The normalized spacial score (nSPS) is 15.9. The van der Waals surface area contributed by atoms with E-state index >= 15 is 0 Å². The van der Waals surface area contributed by atoms with Crippen molar-refractivity contribution in [2.75, 3.05) is 32.1 Å². The molecule has 1 aromatic rings. The first-order valence-corrected chi connectivity index (χ1v) is 6.76. The molecule has 110 valence electrons. The maximum Gasteiger partial charge on any atom is 0.153 e. The van der Waals surface area contributed by atoms with E-state index < -0.39 is 0 Å². The minimum atomic E-state index is 0.258. The van der Waals surface area contributed by atoms with Gasteiger partial charge < -0.3 is 20.3 Å². The van der Waals surface area contributed by atoms with Gasteiger partial charge in [-0.25, -0.2) is 0 Å². The third-order valence-corrected chi connectivity index (χ3v) is 3.11. The van der Waals surface area contributed by atoms with E-state index in [9.17, 15) is 0 Å². The van der Waals surface area contributed by atoms with Crippen LogP contribution >= 0.6 is 0 Å². The topological polar surface area (TPSA) is 89.1 Å². The number of aryl methyl sites for hydroxylation is 1. The summed E-state index contributed by atoms with van der Waals surface area (Å²) < 4.78 is 5.48. The summed E-state index contributed by atoms with van der Waals surface area (Å²) in [4.78, 5) is 1.97. The van der Waals surface area contributed by atoms with E-state index in [1.807, 2.05) is 31.9 Å². The SMILES string of the molecule is CCOC1CN(C(=N)C=C(NC)Nc2cc(C)[nH]n2)C1. The lowest BCUT2D eigenvalue weighted by Gasteiger charge is -2.39. The van der Waals surface area contributed by atoms with Gasteiger partial charge in [0.1, 0.15) is 11.7 Å². The number of nitrogens with one attached hydrogen (secondary N) is 4. The molecule has 1 aromatic heterocycles. The van der Waals surface area contributed by atoms with Gasteiger partial charge in [0, 0.05) is 44.6 Å². The van der Waals surface area contributed by atoms with Gasteiger partial charge in [0.2, 0.25) is 0 Å². The van der Waals surface area contributed by atoms with Crippen molar-refractivity contribution in [1.29, 1.82) is 5.41 Å². The van der Waals surface area contributed by atoms with E-state index in [4.69, 9.17) is 10.1 Å². The number of nitrogens with zero attached hydrogens (tertiary/aromatic N) is 2. The Labute approximate surface area is 118 Å². The molecule has 0 aliphatic carbocycles. The highest BCUT2D eigenvalue weighted by Crippen LogP contribution is 2.13. The number of rotatable bonds is 6. The lowest BCUT2D eigenvalue weighted by atomic mass is 10.1. The second-order valence-electron chi connectivity index (χ2n) is 4.74. The molecule has 1 saturated heterocycles. The predicted molar refractivity (Wildman–Crippen MR) is 78.8 cm³/mol. The molecule has 0 saturated carbocycles. The molecule has 0 spiro atoms. The van der Waals surface area contributed by atoms with Gasteiger partial charge in [-0.3, -0.25) is 10.5 Å². The number of ether oxygens (including phenoxy) is 1. The summed E-state index contributed by atoms with van der Waals surface area (Å²) in [7, 11) is 1.81. The molecular weight excluding hydrogens is 256 g/mol. The van der Waals surface area contributed by atoms with Gasteiger partial charge in [-0.15, -0.1) is 0 Å². The average Bonchev–Trinajstić information content (AvgIpc) is 2.77. The molecule has 0 atom stereocenters. The van der Waals surface area contributed by atoms with Gasteiger partial charge in [0.05, 0.1) is 6.10 Å². The van der Waals surface area contributed by atoms with Crippen LogP contribution in [-0.4, -0.2) is 53.8 Å². The van der Waals surface area contributed by atoms with Crippen molar-refractivity contribution in [3.05, 3.63) is 23.7 Å². The molecule has 4 N–H and O–H groups in total. The van der Waals surface area contributed by atoms with Gasteiger partial charge >= 0.3 is 0 Å². The highest BCUT2D eigenvalue weighted by molar-refractivity contribution is 5.91. The third-order valence-electron chi connectivity index (χ3n) is 3.11. The Bertz CT molecular complexity index is 489. The Morgan fingerprint density at radius 2 is 2.40 bits per heavy atom. The molecule has 7 heteroatoms. The van der Waals surface area contributed by atoms with E-state index in [1.54, 1.807) is 6.08 Å². The van der Waals surface area contributed by atoms with Crippen LogP contribution in [0.4, 0.5) is 5.82 Å². The molecule has 2 heterocycles. The zero-order valence-electron chi connectivity index (χ0n) is 12.2. The first-order chi connectivity index (χ1) is 9.62. The number of amidine groups is 1. The number of anilines is 1. The lowest BCUT2D eigenvalue weighted by Crippen LogP contribution is -2.54. The molecule has 20 heavy (non-hydrogen) atoms. The van der Waals surface area contributed by atoms with Crippen LogP contribution in [0.15, 0.2) is 18.0 Å². The quantitative estimate of drug-likeness (QED) is 0.458. The van der Waals surface area contributed by atoms with Gasteiger partial charge in [0.15, 0.2) is 5.82 Å². The first kappa shape index (κ1) is 14.4. The van der Waals surface area contributed by atoms with Gasteiger partial charge in [-0.1, -0.05) is 0 Å². The Morgan fingerprint density at radius 1 is 1.65 bits per heavy atom. The Balaban J connectivity index is 1.89. The molecule has 0 aromatic carbocycles. The summed E-state index contributed by atoms with van der Waals surface area (Å²) in [6.45, 7) is 6.21. The zero-order chi connectivity index (χ0) is 14.5. The summed E-state index contributed by atoms with van der Waals surface area (Å²) in [6.07, 6.45) is 2.01. The van der Waals surface area contributed by atoms with E-state index in [0.717, 1.165) is 37.0 Å². The molecule has 0 radical (unpaired) electrons. The largest absolute Gasteiger partial charge is 0.375 e. The molecule has 0 unspecified atom stereocenters. The van der Waals surface area contributed by atoms with Crippen molar-refractivity contribution < 1.29 is 4.74 Å². The smallest absolute Gasteiger partial charge is 0.153 e. The number of hydrogen-bond donors (Lipinski definition) is 4. The number of aromatic nitrogens is 2. The van der Waals surface area contributed by atoms with E-state index in [2.05, 4.69) is 20.8 Å². The van der Waals surface area contributed by atoms with Crippen molar-refractivity contribution in [3.8, 4) is 0 Å². The zero-order valence-corrected chi connectivity index (χ0v) is 12.2. The summed E-state index contributed by atoms with van der Waals surface area (Å²) in [5.74, 6) is 1.93. The van der Waals surface area contributed by atoms with Gasteiger partial charge in [0.25, 0.3) is 0 Å². The summed E-state index contributed by atoms with van der Waals surface area (Å²) in [6, 6.07) is 1.91. The molecule has 2 rings (SSSR count). The van der Waals surface area contributed by atoms with Crippen LogP contribution in [0.1, 0.15) is 12.6 Å². The van der Waals surface area contributed by atoms with E-state index in [0.29, 0.717) is 5.84 Å². The van der Waals surface area contributed by atoms with Crippen LogP contribution < -0.4 is 10.6 Å². The number of aromatic amines is 1. The molecular formula is C13H22N6O. The van der Waals surface area contributed by atoms with Gasteiger partial charge in [-0.05, 0) is 13.8 Å². The van der Waals surface area contributed by atoms with Crippen LogP contribution in [0.25, 0.3) is 0 Å². The Hall–Kier alpha value is -2.02. The minimum Gasteiger partial charge on any atom is -0.375 e. The number of H-pyrrole nitrogens is 1.